The first kappa shape index (κ1) is 14.6. The smallest absolute Gasteiger partial charge is 0.275 e. The molecule has 1 N–H and O–H groups in total. The Kier molecular flexibility index (Phi) is 3.60. The minimum Gasteiger partial charge on any atom is -0.332 e. The van der Waals surface area contributed by atoms with Crippen molar-refractivity contribution in [3.8, 4) is 0 Å². The van der Waals surface area contributed by atoms with Gasteiger partial charge in [0.1, 0.15) is 0 Å². The second-order valence-electron chi connectivity index (χ2n) is 5.97. The number of nitrogens with zero attached hydrogens (tertiary/aromatic N) is 4. The number of H-pyrrole nitrogens is 1. The Morgan fingerprint density at radius 3 is 2.88 bits per heavy atom. The van der Waals surface area contributed by atoms with Gasteiger partial charge in [-0.2, -0.15) is 10.2 Å². The molecule has 1 atom stereocenters. The number of carbonyl (C=O) groups is 1. The summed E-state index contributed by atoms with van der Waals surface area (Å²) < 4.78 is 1.84. The zero-order valence-corrected chi connectivity index (χ0v) is 13.1. The van der Waals surface area contributed by atoms with Gasteiger partial charge in [-0.3, -0.25) is 14.3 Å². The maximum atomic E-state index is 13.0. The summed E-state index contributed by atoms with van der Waals surface area (Å²) in [4.78, 5) is 26.8. The van der Waals surface area contributed by atoms with Gasteiger partial charge in [-0.05, 0) is 25.0 Å². The molecule has 0 saturated carbocycles. The standard InChI is InChI=1S/C17H17N5O2/c23-16-14-7-2-1-6-13(14)15(19-20-16)17(24)22-10-3-5-12(22)11-21-9-4-8-18-21/h1-2,4,6-9,12H,3,5,10-11H2,(H,20,23)/t12-/m0/s1. The van der Waals surface area contributed by atoms with E-state index in [9.17, 15) is 9.59 Å². The summed E-state index contributed by atoms with van der Waals surface area (Å²) in [5.41, 5.74) is 0.0224. The fourth-order valence-electron chi connectivity index (χ4n) is 3.33. The van der Waals surface area contributed by atoms with Gasteiger partial charge in [0.15, 0.2) is 5.69 Å². The summed E-state index contributed by atoms with van der Waals surface area (Å²) in [5, 5.41) is 11.8. The Morgan fingerprint density at radius 1 is 1.25 bits per heavy atom. The Bertz CT molecular complexity index is 932. The third-order valence-corrected chi connectivity index (χ3v) is 4.49. The van der Waals surface area contributed by atoms with Gasteiger partial charge in [-0.25, -0.2) is 5.10 Å². The van der Waals surface area contributed by atoms with Crippen molar-refractivity contribution in [2.24, 2.45) is 0 Å². The van der Waals surface area contributed by atoms with E-state index in [1.165, 1.54) is 0 Å². The van der Waals surface area contributed by atoms with Crippen molar-refractivity contribution >= 4 is 16.7 Å². The molecule has 7 nitrogen and oxygen atoms in total. The molecule has 1 saturated heterocycles. The van der Waals surface area contributed by atoms with E-state index in [1.54, 1.807) is 24.4 Å². The molecule has 2 aromatic heterocycles. The summed E-state index contributed by atoms with van der Waals surface area (Å²) in [7, 11) is 0. The molecule has 3 heterocycles. The first-order valence-corrected chi connectivity index (χ1v) is 8.00. The van der Waals surface area contributed by atoms with Crippen LogP contribution in [0, 0.1) is 0 Å². The van der Waals surface area contributed by atoms with Crippen LogP contribution in [0.15, 0.2) is 47.5 Å². The zero-order valence-electron chi connectivity index (χ0n) is 13.1. The van der Waals surface area contributed by atoms with Crippen molar-refractivity contribution in [3.63, 3.8) is 0 Å². The van der Waals surface area contributed by atoms with Crippen LogP contribution in [0.3, 0.4) is 0 Å². The van der Waals surface area contributed by atoms with Crippen LogP contribution in [-0.2, 0) is 6.54 Å². The molecule has 0 bridgehead atoms. The van der Waals surface area contributed by atoms with Crippen LogP contribution >= 0.6 is 0 Å². The van der Waals surface area contributed by atoms with Crippen molar-refractivity contribution in [1.82, 2.24) is 24.9 Å². The lowest BCUT2D eigenvalue weighted by molar-refractivity contribution is 0.0716. The van der Waals surface area contributed by atoms with E-state index in [-0.39, 0.29) is 17.5 Å². The molecule has 122 valence electrons. The summed E-state index contributed by atoms with van der Waals surface area (Å²) in [6, 6.07) is 9.03. The molecule has 0 spiro atoms. The molecule has 24 heavy (non-hydrogen) atoms. The summed E-state index contributed by atoms with van der Waals surface area (Å²) in [6.45, 7) is 1.36. The highest BCUT2D eigenvalue weighted by molar-refractivity contribution is 6.04. The number of aromatic nitrogens is 4. The van der Waals surface area contributed by atoms with Gasteiger partial charge in [0.25, 0.3) is 11.5 Å². The Balaban J connectivity index is 1.68. The number of amides is 1. The number of fused-ring (bicyclic) bond motifs is 1. The van der Waals surface area contributed by atoms with E-state index in [4.69, 9.17) is 0 Å². The molecular formula is C17H17N5O2. The largest absolute Gasteiger partial charge is 0.332 e. The average Bonchev–Trinajstić information content (AvgIpc) is 3.27. The summed E-state index contributed by atoms with van der Waals surface area (Å²) in [6.07, 6.45) is 5.53. The Hall–Kier alpha value is -2.96. The van der Waals surface area contributed by atoms with Gasteiger partial charge < -0.3 is 4.90 Å². The van der Waals surface area contributed by atoms with Gasteiger partial charge in [-0.1, -0.05) is 18.2 Å². The molecule has 4 rings (SSSR count). The number of carbonyl (C=O) groups excluding carboxylic acids is 1. The minimum atomic E-state index is -0.281. The van der Waals surface area contributed by atoms with Gasteiger partial charge >= 0.3 is 0 Å². The number of aromatic amines is 1. The highest BCUT2D eigenvalue weighted by atomic mass is 16.2. The Labute approximate surface area is 137 Å². The summed E-state index contributed by atoms with van der Waals surface area (Å²) in [5.74, 6) is -0.142. The van der Waals surface area contributed by atoms with Crippen molar-refractivity contribution < 1.29 is 4.79 Å². The molecule has 1 fully saturated rings. The van der Waals surface area contributed by atoms with Crippen LogP contribution in [0.25, 0.3) is 10.8 Å². The fraction of sp³-hybridized carbons (Fsp3) is 0.294. The lowest BCUT2D eigenvalue weighted by Crippen LogP contribution is -2.39. The van der Waals surface area contributed by atoms with Crippen LogP contribution in [0.4, 0.5) is 0 Å². The van der Waals surface area contributed by atoms with E-state index in [0.717, 1.165) is 12.8 Å². The predicted octanol–water partition coefficient (Wildman–Crippen LogP) is 1.42. The number of hydrogen-bond acceptors (Lipinski definition) is 4. The maximum Gasteiger partial charge on any atom is 0.275 e. The second kappa shape index (κ2) is 5.92. The van der Waals surface area contributed by atoms with Gasteiger partial charge in [0.2, 0.25) is 0 Å². The highest BCUT2D eigenvalue weighted by Crippen LogP contribution is 2.23. The van der Waals surface area contributed by atoms with E-state index in [1.807, 2.05) is 27.9 Å². The number of nitrogens with one attached hydrogen (secondary N) is 1. The van der Waals surface area contributed by atoms with Gasteiger partial charge in [-0.15, -0.1) is 0 Å². The minimum absolute atomic E-state index is 0.0879. The molecule has 0 aliphatic carbocycles. The van der Waals surface area contributed by atoms with E-state index < -0.39 is 0 Å². The highest BCUT2D eigenvalue weighted by Gasteiger charge is 2.31. The van der Waals surface area contributed by atoms with Crippen LogP contribution in [-0.4, -0.2) is 43.4 Å². The van der Waals surface area contributed by atoms with Crippen LogP contribution < -0.4 is 5.56 Å². The zero-order chi connectivity index (χ0) is 16.5. The lowest BCUT2D eigenvalue weighted by atomic mass is 10.1. The normalized spacial score (nSPS) is 17.5. The molecule has 1 aromatic carbocycles. The van der Waals surface area contributed by atoms with E-state index >= 15 is 0 Å². The number of benzene rings is 1. The van der Waals surface area contributed by atoms with Gasteiger partial charge in [0, 0.05) is 24.3 Å². The predicted molar refractivity (Wildman–Crippen MR) is 88.6 cm³/mol. The Morgan fingerprint density at radius 2 is 2.08 bits per heavy atom. The molecule has 1 aliphatic heterocycles. The first-order valence-electron chi connectivity index (χ1n) is 8.00. The number of likely N-dealkylation sites (tertiary alicyclic amines) is 1. The van der Waals surface area contributed by atoms with Crippen molar-refractivity contribution in [1.29, 1.82) is 0 Å². The topological polar surface area (TPSA) is 83.9 Å². The monoisotopic (exact) mass is 323 g/mol. The van der Waals surface area contributed by atoms with Crippen molar-refractivity contribution in [2.45, 2.75) is 25.4 Å². The van der Waals surface area contributed by atoms with Crippen molar-refractivity contribution in [3.05, 3.63) is 58.8 Å². The van der Waals surface area contributed by atoms with E-state index in [0.29, 0.717) is 29.6 Å². The fourth-order valence-corrected chi connectivity index (χ4v) is 3.33. The average molecular weight is 323 g/mol. The SMILES string of the molecule is O=C(c1n[nH]c(=O)c2ccccc12)N1CCC[C@H]1Cn1cccn1. The second-order valence-corrected chi connectivity index (χ2v) is 5.97. The number of hydrogen-bond donors (Lipinski definition) is 1. The van der Waals surface area contributed by atoms with Gasteiger partial charge in [0.05, 0.1) is 18.0 Å². The molecule has 3 aromatic rings. The van der Waals surface area contributed by atoms with Crippen LogP contribution in [0.2, 0.25) is 0 Å². The lowest BCUT2D eigenvalue weighted by Gasteiger charge is -2.24. The molecular weight excluding hydrogens is 306 g/mol. The van der Waals surface area contributed by atoms with E-state index in [2.05, 4.69) is 15.3 Å². The molecule has 0 unspecified atom stereocenters. The molecule has 1 amide bonds. The third-order valence-electron chi connectivity index (χ3n) is 4.49. The van der Waals surface area contributed by atoms with Crippen molar-refractivity contribution in [2.75, 3.05) is 6.54 Å². The molecule has 7 heteroatoms. The molecule has 0 radical (unpaired) electrons. The summed E-state index contributed by atoms with van der Waals surface area (Å²) >= 11 is 0. The molecule has 1 aliphatic rings. The van der Waals surface area contributed by atoms with Crippen LogP contribution in [0.5, 0.6) is 0 Å². The maximum absolute atomic E-state index is 13.0. The quantitative estimate of drug-likeness (QED) is 0.790. The third kappa shape index (κ3) is 2.47. The number of rotatable bonds is 3. The van der Waals surface area contributed by atoms with Crippen LogP contribution in [0.1, 0.15) is 23.3 Å². The first-order chi connectivity index (χ1) is 11.7.